The van der Waals surface area contributed by atoms with E-state index >= 15 is 0 Å². The van der Waals surface area contributed by atoms with Gasteiger partial charge in [-0.05, 0) is 74.8 Å². The number of sulfonamides is 1. The molecule has 1 aromatic carbocycles. The van der Waals surface area contributed by atoms with Crippen LogP contribution in [-0.2, 0) is 39.5 Å². The molecule has 3 saturated heterocycles. The second kappa shape index (κ2) is 16.7. The van der Waals surface area contributed by atoms with E-state index in [2.05, 4.69) is 25.7 Å². The summed E-state index contributed by atoms with van der Waals surface area (Å²) in [5, 5.41) is 24.8. The fourth-order valence-corrected chi connectivity index (χ4v) is 10.3. The van der Waals surface area contributed by atoms with Gasteiger partial charge in [-0.2, -0.15) is 11.8 Å². The summed E-state index contributed by atoms with van der Waals surface area (Å²) < 4.78 is 34.8. The molecule has 17 nitrogen and oxygen atoms in total. The van der Waals surface area contributed by atoms with Crippen LogP contribution in [0.4, 0.5) is 0 Å². The van der Waals surface area contributed by atoms with Crippen LogP contribution in [0.25, 0.3) is 0 Å². The standard InChI is InChI=1S/C36H50N8O9S2/c1-35(2,50)29-18-38-42-44(29)25-17-28(33(48)40-36(30(45)31(37)46)12-14-54-15-13-36)43(19-25)34(49)27(16-22-6-4-3-5-7-22)39-32(47)23-8-10-26(11-9-23)55(51,52)41-24-20-53-21-24/h8-11,18,22,24-25,27-28,41,50H,3-7,12-17,19-21H2,1-2H3,(H2,37,46)(H,39,47)(H,40,48)/t25?,27-,28?/m1/s1. The topological polar surface area (TPSA) is 245 Å². The van der Waals surface area contributed by atoms with Crippen LogP contribution < -0.4 is 21.1 Å². The van der Waals surface area contributed by atoms with Crippen molar-refractivity contribution in [1.29, 1.82) is 0 Å². The van der Waals surface area contributed by atoms with Gasteiger partial charge >= 0.3 is 0 Å². The van der Waals surface area contributed by atoms with Crippen molar-refractivity contribution in [3.8, 4) is 0 Å². The number of hydrogen-bond acceptors (Lipinski definition) is 12. The second-order valence-corrected chi connectivity index (χ2v) is 18.5. The molecular weight excluding hydrogens is 753 g/mol. The van der Waals surface area contributed by atoms with E-state index in [9.17, 15) is 37.5 Å². The lowest BCUT2D eigenvalue weighted by Gasteiger charge is -2.37. The number of likely N-dealkylation sites (tertiary alicyclic amines) is 1. The number of Topliss-reactive ketones (excluding diaryl/α,β-unsaturated/α-hetero) is 1. The minimum Gasteiger partial charge on any atom is -0.384 e. The Labute approximate surface area is 324 Å². The molecule has 1 saturated carbocycles. The number of thioether (sulfide) groups is 1. The van der Waals surface area contributed by atoms with Crippen LogP contribution in [0, 0.1) is 5.92 Å². The first-order valence-corrected chi connectivity index (χ1v) is 21.4. The van der Waals surface area contributed by atoms with Gasteiger partial charge in [-0.3, -0.25) is 24.0 Å². The highest BCUT2D eigenvalue weighted by Crippen LogP contribution is 2.35. The average molecular weight is 803 g/mol. The molecular formula is C36H50N8O9S2. The molecule has 1 aromatic heterocycles. The van der Waals surface area contributed by atoms with Crippen LogP contribution in [0.1, 0.15) is 93.7 Å². The maximum absolute atomic E-state index is 14.8. The average Bonchev–Trinajstić information content (AvgIpc) is 3.82. The molecule has 4 aliphatic rings. The van der Waals surface area contributed by atoms with Gasteiger partial charge in [-0.25, -0.2) is 17.8 Å². The summed E-state index contributed by atoms with van der Waals surface area (Å²) >= 11 is 1.58. The van der Waals surface area contributed by atoms with Crippen LogP contribution in [0.15, 0.2) is 35.4 Å². The fraction of sp³-hybridized carbons (Fsp3) is 0.639. The molecule has 3 atom stereocenters. The summed E-state index contributed by atoms with van der Waals surface area (Å²) in [6.45, 7) is 3.67. The van der Waals surface area contributed by atoms with E-state index in [-0.39, 0.29) is 61.4 Å². The van der Waals surface area contributed by atoms with Crippen molar-refractivity contribution >= 4 is 51.2 Å². The first-order valence-electron chi connectivity index (χ1n) is 18.8. The van der Waals surface area contributed by atoms with Gasteiger partial charge in [0.15, 0.2) is 0 Å². The first kappa shape index (κ1) is 40.7. The number of ketones is 1. The van der Waals surface area contributed by atoms with Crippen molar-refractivity contribution in [2.24, 2.45) is 11.7 Å². The molecule has 2 aromatic rings. The van der Waals surface area contributed by atoms with Gasteiger partial charge in [0.2, 0.25) is 27.6 Å². The number of ether oxygens (including phenoxy) is 1. The number of aromatic nitrogens is 3. The summed E-state index contributed by atoms with van der Waals surface area (Å²) in [4.78, 5) is 69.7. The third-order valence-electron chi connectivity index (χ3n) is 11.1. The number of nitrogens with two attached hydrogens (primary N) is 1. The van der Waals surface area contributed by atoms with Crippen LogP contribution in [0.2, 0.25) is 0 Å². The lowest BCUT2D eigenvalue weighted by atomic mass is 9.84. The molecule has 3 aliphatic heterocycles. The summed E-state index contributed by atoms with van der Waals surface area (Å²) in [6, 6.07) is 2.26. The van der Waals surface area contributed by atoms with Gasteiger partial charge in [0.25, 0.3) is 11.8 Å². The molecule has 1 aliphatic carbocycles. The van der Waals surface area contributed by atoms with E-state index in [4.69, 9.17) is 10.5 Å². The Morgan fingerprint density at radius 1 is 1.07 bits per heavy atom. The molecule has 2 unspecified atom stereocenters. The Morgan fingerprint density at radius 3 is 2.35 bits per heavy atom. The Morgan fingerprint density at radius 2 is 1.75 bits per heavy atom. The highest BCUT2D eigenvalue weighted by Gasteiger charge is 2.49. The van der Waals surface area contributed by atoms with Crippen molar-refractivity contribution in [2.75, 3.05) is 31.3 Å². The summed E-state index contributed by atoms with van der Waals surface area (Å²) in [5.41, 5.74) is 3.07. The van der Waals surface area contributed by atoms with Crippen LogP contribution >= 0.6 is 11.8 Å². The third kappa shape index (κ3) is 9.22. The SMILES string of the molecule is CC(C)(O)c1cnnn1C1CC(C(=O)NC2(C(=O)C(N)=O)CCSCC2)N(C(=O)[C@@H](CC2CCCCC2)NC(=O)c2ccc(S(=O)(=O)NC3COC3)cc2)C1. The monoisotopic (exact) mass is 802 g/mol. The highest BCUT2D eigenvalue weighted by atomic mass is 32.2. The van der Waals surface area contributed by atoms with Crippen molar-refractivity contribution in [3.63, 3.8) is 0 Å². The van der Waals surface area contributed by atoms with Gasteiger partial charge in [0.05, 0.1) is 42.1 Å². The Balaban J connectivity index is 1.29. The zero-order valence-corrected chi connectivity index (χ0v) is 32.7. The molecule has 55 heavy (non-hydrogen) atoms. The normalized spacial score (nSPS) is 22.7. The van der Waals surface area contributed by atoms with Crippen molar-refractivity contribution in [3.05, 3.63) is 41.7 Å². The number of amides is 4. The molecule has 19 heteroatoms. The molecule has 4 amide bonds. The van der Waals surface area contributed by atoms with Crippen molar-refractivity contribution in [1.82, 2.24) is 35.2 Å². The van der Waals surface area contributed by atoms with E-state index in [1.165, 1.54) is 40.0 Å². The molecule has 6 rings (SSSR count). The number of nitrogens with one attached hydrogen (secondary N) is 3. The number of carbonyl (C=O) groups is 5. The summed E-state index contributed by atoms with van der Waals surface area (Å²) in [7, 11) is -3.84. The van der Waals surface area contributed by atoms with Gasteiger partial charge in [-0.15, -0.1) is 5.10 Å². The van der Waals surface area contributed by atoms with Gasteiger partial charge < -0.3 is 31.1 Å². The smallest absolute Gasteiger partial charge is 0.287 e. The maximum Gasteiger partial charge on any atom is 0.287 e. The third-order valence-corrected chi connectivity index (χ3v) is 13.6. The lowest BCUT2D eigenvalue weighted by Crippen LogP contribution is -2.63. The van der Waals surface area contributed by atoms with Gasteiger partial charge in [0.1, 0.15) is 23.2 Å². The van der Waals surface area contributed by atoms with E-state index in [1.807, 2.05) is 0 Å². The number of nitrogens with zero attached hydrogens (tertiary/aromatic N) is 4. The predicted molar refractivity (Wildman–Crippen MR) is 200 cm³/mol. The van der Waals surface area contributed by atoms with Crippen molar-refractivity contribution < 1.29 is 42.2 Å². The number of rotatable bonds is 14. The quantitative estimate of drug-likeness (QED) is 0.164. The summed E-state index contributed by atoms with van der Waals surface area (Å²) in [6.07, 6.45) is 6.89. The molecule has 4 heterocycles. The minimum absolute atomic E-state index is 0.0227. The van der Waals surface area contributed by atoms with E-state index in [0.717, 1.165) is 32.1 Å². The number of carbonyl (C=O) groups excluding carboxylic acids is 5. The predicted octanol–water partition coefficient (Wildman–Crippen LogP) is 0.530. The minimum atomic E-state index is -3.84. The van der Waals surface area contributed by atoms with Crippen LogP contribution in [0.5, 0.6) is 0 Å². The molecule has 0 bridgehead atoms. The maximum atomic E-state index is 14.8. The fourth-order valence-electron chi connectivity index (χ4n) is 7.91. The summed E-state index contributed by atoms with van der Waals surface area (Å²) in [5.74, 6) is -2.68. The zero-order valence-electron chi connectivity index (χ0n) is 31.1. The van der Waals surface area contributed by atoms with Crippen LogP contribution in [0.3, 0.4) is 0 Å². The number of aliphatic hydroxyl groups is 1. The zero-order chi connectivity index (χ0) is 39.5. The van der Waals surface area contributed by atoms with Crippen molar-refractivity contribution in [2.45, 2.75) is 112 Å². The molecule has 0 radical (unpaired) electrons. The molecule has 4 fully saturated rings. The second-order valence-electron chi connectivity index (χ2n) is 15.5. The van der Waals surface area contributed by atoms with Gasteiger partial charge in [0, 0.05) is 18.5 Å². The largest absolute Gasteiger partial charge is 0.384 e. The van der Waals surface area contributed by atoms with E-state index in [1.54, 1.807) is 25.6 Å². The number of primary amides is 1. The Bertz CT molecular complexity index is 1870. The Kier molecular flexibility index (Phi) is 12.4. The van der Waals surface area contributed by atoms with E-state index in [0.29, 0.717) is 23.6 Å². The van der Waals surface area contributed by atoms with Gasteiger partial charge in [-0.1, -0.05) is 37.3 Å². The first-order chi connectivity index (χ1) is 26.1. The highest BCUT2D eigenvalue weighted by molar-refractivity contribution is 7.99. The van der Waals surface area contributed by atoms with E-state index < -0.39 is 68.7 Å². The van der Waals surface area contributed by atoms with Crippen LogP contribution in [-0.4, -0.2) is 118 Å². The number of benzene rings is 1. The Hall–Kier alpha value is -3.91. The molecule has 6 N–H and O–H groups in total. The lowest BCUT2D eigenvalue weighted by molar-refractivity contribution is -0.145. The number of hydrogen-bond donors (Lipinski definition) is 5. The molecule has 0 spiro atoms. The molecule has 300 valence electrons.